The van der Waals surface area contributed by atoms with Crippen LogP contribution in [0.1, 0.15) is 65.7 Å². The van der Waals surface area contributed by atoms with E-state index >= 15 is 0 Å². The molecule has 1 heterocycles. The first-order chi connectivity index (χ1) is 17.6. The lowest BCUT2D eigenvalue weighted by Crippen LogP contribution is -2.45. The van der Waals surface area contributed by atoms with Gasteiger partial charge in [-0.3, -0.25) is 10.1 Å². The number of carbonyl (C=O) groups is 3. The number of aromatic nitrogens is 1. The van der Waals surface area contributed by atoms with E-state index in [9.17, 15) is 14.4 Å². The SMILES string of the molecule is O=C(COC(=O)c1c2c(nc3ccccc13)/C(=C/c1ccccc1)CCC2)NC(=O)NC1CCCC1. The number of amides is 3. The third kappa shape index (κ3) is 5.30. The maximum absolute atomic E-state index is 13.3. The average Bonchev–Trinajstić information content (AvgIpc) is 3.39. The minimum Gasteiger partial charge on any atom is -0.452 e. The van der Waals surface area contributed by atoms with Crippen LogP contribution in [0.2, 0.25) is 0 Å². The molecular formula is C29H29N3O4. The van der Waals surface area contributed by atoms with Gasteiger partial charge in [-0.05, 0) is 60.9 Å². The number of hydrogen-bond acceptors (Lipinski definition) is 5. The second-order valence-electron chi connectivity index (χ2n) is 9.34. The van der Waals surface area contributed by atoms with E-state index in [4.69, 9.17) is 9.72 Å². The van der Waals surface area contributed by atoms with Gasteiger partial charge in [0.2, 0.25) is 0 Å². The van der Waals surface area contributed by atoms with Crippen molar-refractivity contribution in [2.24, 2.45) is 0 Å². The molecule has 2 aliphatic rings. The first kappa shape index (κ1) is 23.7. The molecule has 36 heavy (non-hydrogen) atoms. The van der Waals surface area contributed by atoms with Crippen LogP contribution in [0.5, 0.6) is 0 Å². The van der Waals surface area contributed by atoms with E-state index in [0.29, 0.717) is 22.9 Å². The predicted octanol–water partition coefficient (Wildman–Crippen LogP) is 5.04. The lowest BCUT2D eigenvalue weighted by atomic mass is 9.86. The molecule has 0 radical (unpaired) electrons. The van der Waals surface area contributed by atoms with Gasteiger partial charge in [-0.25, -0.2) is 14.6 Å². The lowest BCUT2D eigenvalue weighted by molar-refractivity contribution is -0.123. The van der Waals surface area contributed by atoms with Crippen molar-refractivity contribution >= 4 is 40.5 Å². The Labute approximate surface area is 209 Å². The zero-order valence-electron chi connectivity index (χ0n) is 20.1. The highest BCUT2D eigenvalue weighted by Crippen LogP contribution is 2.36. The van der Waals surface area contributed by atoms with Gasteiger partial charge in [0, 0.05) is 11.4 Å². The third-order valence-corrected chi connectivity index (χ3v) is 6.79. The molecular weight excluding hydrogens is 454 g/mol. The second-order valence-corrected chi connectivity index (χ2v) is 9.34. The van der Waals surface area contributed by atoms with E-state index in [1.807, 2.05) is 54.6 Å². The van der Waals surface area contributed by atoms with Crippen molar-refractivity contribution in [1.82, 2.24) is 15.6 Å². The van der Waals surface area contributed by atoms with E-state index in [2.05, 4.69) is 16.7 Å². The Bertz CT molecular complexity index is 1330. The maximum atomic E-state index is 13.3. The van der Waals surface area contributed by atoms with Crippen molar-refractivity contribution in [2.45, 2.75) is 51.0 Å². The van der Waals surface area contributed by atoms with Crippen LogP contribution in [0.4, 0.5) is 4.79 Å². The van der Waals surface area contributed by atoms with Gasteiger partial charge in [0.15, 0.2) is 6.61 Å². The van der Waals surface area contributed by atoms with Gasteiger partial charge in [0.25, 0.3) is 5.91 Å². The van der Waals surface area contributed by atoms with E-state index in [-0.39, 0.29) is 6.04 Å². The number of nitrogens with zero attached hydrogens (tertiary/aromatic N) is 1. The minimum atomic E-state index is -0.657. The summed E-state index contributed by atoms with van der Waals surface area (Å²) in [5.41, 5.74) is 4.93. The maximum Gasteiger partial charge on any atom is 0.339 e. The summed E-state index contributed by atoms with van der Waals surface area (Å²) in [6.45, 7) is -0.533. The van der Waals surface area contributed by atoms with Gasteiger partial charge in [-0.15, -0.1) is 0 Å². The Morgan fingerprint density at radius 2 is 1.69 bits per heavy atom. The van der Waals surface area contributed by atoms with Crippen molar-refractivity contribution in [1.29, 1.82) is 0 Å². The topological polar surface area (TPSA) is 97.4 Å². The predicted molar refractivity (Wildman–Crippen MR) is 138 cm³/mol. The number of nitrogens with one attached hydrogen (secondary N) is 2. The number of esters is 1. The number of fused-ring (bicyclic) bond motifs is 2. The zero-order chi connectivity index (χ0) is 24.9. The number of rotatable bonds is 5. The molecule has 0 unspecified atom stereocenters. The van der Waals surface area contributed by atoms with Crippen molar-refractivity contribution in [3.8, 4) is 0 Å². The van der Waals surface area contributed by atoms with Gasteiger partial charge >= 0.3 is 12.0 Å². The number of ether oxygens (including phenoxy) is 1. The summed E-state index contributed by atoms with van der Waals surface area (Å²) >= 11 is 0. The summed E-state index contributed by atoms with van der Waals surface area (Å²) in [5.74, 6) is -1.24. The van der Waals surface area contributed by atoms with Crippen molar-refractivity contribution in [2.75, 3.05) is 6.61 Å². The van der Waals surface area contributed by atoms with E-state index < -0.39 is 24.5 Å². The van der Waals surface area contributed by atoms with Crippen LogP contribution in [0, 0.1) is 0 Å². The summed E-state index contributed by atoms with van der Waals surface area (Å²) in [5, 5.41) is 5.75. The molecule has 0 aliphatic heterocycles. The molecule has 2 aromatic carbocycles. The molecule has 2 aliphatic carbocycles. The standard InChI is InChI=1S/C29H29N3O4/c33-25(32-29(35)30-21-12-4-5-13-21)18-36-28(34)26-22-14-6-7-16-24(22)31-27-20(11-8-15-23(26)27)17-19-9-2-1-3-10-19/h1-3,6-7,9-10,14,16-17,21H,4-5,8,11-13,15,18H2,(H2,30,32,33,35)/b20-17+. The molecule has 3 amide bonds. The van der Waals surface area contributed by atoms with E-state index in [1.54, 1.807) is 0 Å². The number of para-hydroxylation sites is 1. The molecule has 0 spiro atoms. The lowest BCUT2D eigenvalue weighted by Gasteiger charge is -2.22. The Hall–Kier alpha value is -4.00. The van der Waals surface area contributed by atoms with Crippen LogP contribution < -0.4 is 10.6 Å². The zero-order valence-corrected chi connectivity index (χ0v) is 20.1. The van der Waals surface area contributed by atoms with Gasteiger partial charge in [0.05, 0.1) is 16.8 Å². The van der Waals surface area contributed by atoms with Gasteiger partial charge in [-0.2, -0.15) is 0 Å². The Balaban J connectivity index is 1.38. The average molecular weight is 484 g/mol. The molecule has 0 saturated heterocycles. The summed E-state index contributed by atoms with van der Waals surface area (Å²) in [6.07, 6.45) is 8.53. The first-order valence-electron chi connectivity index (χ1n) is 12.5. The van der Waals surface area contributed by atoms with Gasteiger partial charge in [-0.1, -0.05) is 61.4 Å². The fourth-order valence-electron chi connectivity index (χ4n) is 5.12. The molecule has 1 saturated carbocycles. The van der Waals surface area contributed by atoms with Crippen molar-refractivity contribution in [3.63, 3.8) is 0 Å². The molecule has 3 aromatic rings. The Morgan fingerprint density at radius 3 is 2.50 bits per heavy atom. The van der Waals surface area contributed by atoms with Crippen molar-refractivity contribution < 1.29 is 19.1 Å². The smallest absolute Gasteiger partial charge is 0.339 e. The second kappa shape index (κ2) is 10.7. The molecule has 1 fully saturated rings. The molecule has 5 rings (SSSR count). The summed E-state index contributed by atoms with van der Waals surface area (Å²) < 4.78 is 5.41. The molecule has 2 N–H and O–H groups in total. The Kier molecular flexibility index (Phi) is 7.07. The normalized spacial score (nSPS) is 16.5. The quantitative estimate of drug-likeness (QED) is 0.496. The number of imide groups is 1. The highest BCUT2D eigenvalue weighted by Gasteiger charge is 2.26. The fourth-order valence-corrected chi connectivity index (χ4v) is 5.12. The van der Waals surface area contributed by atoms with E-state index in [1.165, 1.54) is 0 Å². The minimum absolute atomic E-state index is 0.0909. The number of allylic oxidation sites excluding steroid dienone is 1. The molecule has 7 nitrogen and oxygen atoms in total. The summed E-state index contributed by atoms with van der Waals surface area (Å²) in [4.78, 5) is 42.6. The number of carbonyl (C=O) groups excluding carboxylic acids is 3. The largest absolute Gasteiger partial charge is 0.452 e. The molecule has 7 heteroatoms. The summed E-state index contributed by atoms with van der Waals surface area (Å²) in [7, 11) is 0. The first-order valence-corrected chi connectivity index (χ1v) is 12.5. The van der Waals surface area contributed by atoms with Crippen LogP contribution in [-0.4, -0.2) is 35.5 Å². The molecule has 184 valence electrons. The third-order valence-electron chi connectivity index (χ3n) is 6.79. The number of urea groups is 1. The van der Waals surface area contributed by atoms with Crippen LogP contribution in [-0.2, 0) is 16.0 Å². The fraction of sp³-hybridized carbons (Fsp3) is 0.310. The van der Waals surface area contributed by atoms with Crippen LogP contribution in [0.3, 0.4) is 0 Å². The highest BCUT2D eigenvalue weighted by atomic mass is 16.5. The summed E-state index contributed by atoms with van der Waals surface area (Å²) in [6, 6.07) is 17.1. The van der Waals surface area contributed by atoms with Crippen LogP contribution in [0.15, 0.2) is 54.6 Å². The number of pyridine rings is 1. The van der Waals surface area contributed by atoms with E-state index in [0.717, 1.165) is 60.9 Å². The molecule has 0 atom stereocenters. The van der Waals surface area contributed by atoms with Crippen LogP contribution in [0.25, 0.3) is 22.6 Å². The Morgan fingerprint density at radius 1 is 0.944 bits per heavy atom. The van der Waals surface area contributed by atoms with Crippen molar-refractivity contribution in [3.05, 3.63) is 77.0 Å². The van der Waals surface area contributed by atoms with Gasteiger partial charge < -0.3 is 10.1 Å². The molecule has 1 aromatic heterocycles. The molecule has 0 bridgehead atoms. The monoisotopic (exact) mass is 483 g/mol. The number of hydrogen-bond donors (Lipinski definition) is 2. The number of benzene rings is 2. The highest BCUT2D eigenvalue weighted by molar-refractivity contribution is 6.07. The van der Waals surface area contributed by atoms with Crippen LogP contribution >= 0.6 is 0 Å². The van der Waals surface area contributed by atoms with Gasteiger partial charge in [0.1, 0.15) is 0 Å².